The molecular formula is C13H24N2O3. The van der Waals surface area contributed by atoms with Crippen molar-refractivity contribution in [1.82, 2.24) is 10.2 Å². The number of carboxylic acids is 1. The van der Waals surface area contributed by atoms with Crippen LogP contribution < -0.4 is 5.32 Å². The molecule has 1 aliphatic rings. The Bertz CT molecular complexity index is 328. The smallest absolute Gasteiger partial charge is 0.329 e. The van der Waals surface area contributed by atoms with Crippen molar-refractivity contribution in [2.45, 2.75) is 51.6 Å². The summed E-state index contributed by atoms with van der Waals surface area (Å²) < 4.78 is 0. The largest absolute Gasteiger partial charge is 0.480 e. The van der Waals surface area contributed by atoms with E-state index in [1.807, 2.05) is 0 Å². The quantitative estimate of drug-likeness (QED) is 0.790. The van der Waals surface area contributed by atoms with Crippen LogP contribution in [0, 0.1) is 5.92 Å². The van der Waals surface area contributed by atoms with Gasteiger partial charge in [-0.3, -0.25) is 4.79 Å². The highest BCUT2D eigenvalue weighted by molar-refractivity contribution is 5.89. The third-order valence-corrected chi connectivity index (χ3v) is 4.08. The standard InChI is InChI=1S/C13H24N2O3/c1-5-9-6-7-14-10(8-9)11(16)15(4)13(2,3)12(17)18/h9-10,14H,5-8H2,1-4H3,(H,17,18). The number of hydrogen-bond acceptors (Lipinski definition) is 3. The number of carbonyl (C=O) groups is 2. The van der Waals surface area contributed by atoms with Crippen LogP contribution in [0.4, 0.5) is 0 Å². The topological polar surface area (TPSA) is 69.6 Å². The van der Waals surface area contributed by atoms with Gasteiger partial charge in [-0.05, 0) is 39.2 Å². The molecule has 0 spiro atoms. The maximum Gasteiger partial charge on any atom is 0.329 e. The monoisotopic (exact) mass is 256 g/mol. The summed E-state index contributed by atoms with van der Waals surface area (Å²) in [6.45, 7) is 6.05. The van der Waals surface area contributed by atoms with Gasteiger partial charge in [-0.2, -0.15) is 0 Å². The highest BCUT2D eigenvalue weighted by Gasteiger charge is 2.38. The van der Waals surface area contributed by atoms with E-state index in [-0.39, 0.29) is 11.9 Å². The van der Waals surface area contributed by atoms with E-state index in [4.69, 9.17) is 5.11 Å². The van der Waals surface area contributed by atoms with Crippen LogP contribution >= 0.6 is 0 Å². The number of nitrogens with zero attached hydrogens (tertiary/aromatic N) is 1. The van der Waals surface area contributed by atoms with Crippen LogP contribution in [-0.4, -0.2) is 47.1 Å². The van der Waals surface area contributed by atoms with Gasteiger partial charge in [0.15, 0.2) is 0 Å². The fourth-order valence-electron chi connectivity index (χ4n) is 2.21. The van der Waals surface area contributed by atoms with Crippen LogP contribution in [0.3, 0.4) is 0 Å². The summed E-state index contributed by atoms with van der Waals surface area (Å²) in [7, 11) is 1.56. The molecule has 0 aromatic carbocycles. The zero-order valence-electron chi connectivity index (χ0n) is 11.7. The molecule has 5 nitrogen and oxygen atoms in total. The first-order valence-electron chi connectivity index (χ1n) is 6.55. The van der Waals surface area contributed by atoms with Crippen molar-refractivity contribution < 1.29 is 14.7 Å². The van der Waals surface area contributed by atoms with Gasteiger partial charge in [-0.25, -0.2) is 4.79 Å². The third kappa shape index (κ3) is 3.02. The average molecular weight is 256 g/mol. The molecule has 0 radical (unpaired) electrons. The number of carboxylic acid groups (broad SMARTS) is 1. The van der Waals surface area contributed by atoms with E-state index in [1.165, 1.54) is 4.90 Å². The van der Waals surface area contributed by atoms with E-state index >= 15 is 0 Å². The minimum atomic E-state index is -1.17. The van der Waals surface area contributed by atoms with Crippen molar-refractivity contribution in [1.29, 1.82) is 0 Å². The Kier molecular flexibility index (Phi) is 4.73. The van der Waals surface area contributed by atoms with Gasteiger partial charge >= 0.3 is 5.97 Å². The molecule has 18 heavy (non-hydrogen) atoms. The molecule has 0 aromatic heterocycles. The molecule has 0 saturated carbocycles. The second-order valence-corrected chi connectivity index (χ2v) is 5.57. The maximum atomic E-state index is 12.3. The Hall–Kier alpha value is -1.10. The van der Waals surface area contributed by atoms with E-state index in [1.54, 1.807) is 20.9 Å². The van der Waals surface area contributed by atoms with Crippen molar-refractivity contribution in [3.05, 3.63) is 0 Å². The average Bonchev–Trinajstić information content (AvgIpc) is 2.36. The lowest BCUT2D eigenvalue weighted by Gasteiger charge is -2.37. The van der Waals surface area contributed by atoms with E-state index in [2.05, 4.69) is 12.2 Å². The van der Waals surface area contributed by atoms with Crippen molar-refractivity contribution in [2.75, 3.05) is 13.6 Å². The van der Waals surface area contributed by atoms with Gasteiger partial charge in [-0.1, -0.05) is 13.3 Å². The molecule has 0 aromatic rings. The normalized spacial score (nSPS) is 24.7. The molecule has 1 rings (SSSR count). The third-order valence-electron chi connectivity index (χ3n) is 4.08. The first-order valence-corrected chi connectivity index (χ1v) is 6.55. The molecule has 2 unspecified atom stereocenters. The molecule has 1 heterocycles. The molecule has 2 N–H and O–H groups in total. The Labute approximate surface area is 109 Å². The Morgan fingerprint density at radius 1 is 1.44 bits per heavy atom. The van der Waals surface area contributed by atoms with Gasteiger partial charge in [0.2, 0.25) is 5.91 Å². The second-order valence-electron chi connectivity index (χ2n) is 5.57. The summed E-state index contributed by atoms with van der Waals surface area (Å²) in [5.41, 5.74) is -1.17. The molecule has 0 aliphatic carbocycles. The number of nitrogens with one attached hydrogen (secondary N) is 1. The summed E-state index contributed by atoms with van der Waals surface area (Å²) in [6, 6.07) is -0.243. The lowest BCUT2D eigenvalue weighted by Crippen LogP contribution is -2.57. The van der Waals surface area contributed by atoms with Crippen LogP contribution in [0.5, 0.6) is 0 Å². The zero-order valence-corrected chi connectivity index (χ0v) is 11.7. The predicted octanol–water partition coefficient (Wildman–Crippen LogP) is 1.09. The fourth-order valence-corrected chi connectivity index (χ4v) is 2.21. The maximum absolute atomic E-state index is 12.3. The van der Waals surface area contributed by atoms with Crippen LogP contribution in [0.25, 0.3) is 0 Å². The van der Waals surface area contributed by atoms with Crippen molar-refractivity contribution >= 4 is 11.9 Å². The van der Waals surface area contributed by atoms with Crippen LogP contribution in [0.2, 0.25) is 0 Å². The van der Waals surface area contributed by atoms with E-state index < -0.39 is 11.5 Å². The first-order chi connectivity index (χ1) is 8.30. The molecule has 5 heteroatoms. The molecule has 0 bridgehead atoms. The molecule has 1 amide bonds. The molecular weight excluding hydrogens is 232 g/mol. The molecule has 1 saturated heterocycles. The molecule has 2 atom stereocenters. The van der Waals surface area contributed by atoms with Gasteiger partial charge in [0.1, 0.15) is 5.54 Å². The van der Waals surface area contributed by atoms with Crippen molar-refractivity contribution in [2.24, 2.45) is 5.92 Å². The van der Waals surface area contributed by atoms with Crippen LogP contribution in [0.15, 0.2) is 0 Å². The number of amides is 1. The Morgan fingerprint density at radius 3 is 2.56 bits per heavy atom. The molecule has 1 fully saturated rings. The van der Waals surface area contributed by atoms with Crippen molar-refractivity contribution in [3.63, 3.8) is 0 Å². The zero-order chi connectivity index (χ0) is 13.9. The lowest BCUT2D eigenvalue weighted by atomic mass is 9.89. The SMILES string of the molecule is CCC1CCNC(C(=O)N(C)C(C)(C)C(=O)O)C1. The number of piperidine rings is 1. The fraction of sp³-hybridized carbons (Fsp3) is 0.846. The van der Waals surface area contributed by atoms with E-state index in [9.17, 15) is 9.59 Å². The lowest BCUT2D eigenvalue weighted by molar-refractivity contribution is -0.156. The van der Waals surface area contributed by atoms with Gasteiger partial charge in [0.25, 0.3) is 0 Å². The number of aliphatic carboxylic acids is 1. The van der Waals surface area contributed by atoms with Crippen LogP contribution in [-0.2, 0) is 9.59 Å². The minimum Gasteiger partial charge on any atom is -0.480 e. The van der Waals surface area contributed by atoms with Gasteiger partial charge in [0.05, 0.1) is 6.04 Å². The van der Waals surface area contributed by atoms with Crippen LogP contribution in [0.1, 0.15) is 40.0 Å². The summed E-state index contributed by atoms with van der Waals surface area (Å²) in [6.07, 6.45) is 2.96. The predicted molar refractivity (Wildman–Crippen MR) is 69.3 cm³/mol. The summed E-state index contributed by atoms with van der Waals surface area (Å²) in [4.78, 5) is 24.8. The highest BCUT2D eigenvalue weighted by atomic mass is 16.4. The van der Waals surface area contributed by atoms with Gasteiger partial charge in [0, 0.05) is 7.05 Å². The van der Waals surface area contributed by atoms with E-state index in [0.717, 1.165) is 25.8 Å². The number of likely N-dealkylation sites (N-methyl/N-ethyl adjacent to an activating group) is 1. The number of carbonyl (C=O) groups excluding carboxylic acids is 1. The highest BCUT2D eigenvalue weighted by Crippen LogP contribution is 2.22. The van der Waals surface area contributed by atoms with Gasteiger partial charge < -0.3 is 15.3 Å². The number of rotatable bonds is 4. The Balaban J connectivity index is 2.72. The second kappa shape index (κ2) is 5.69. The summed E-state index contributed by atoms with van der Waals surface area (Å²) in [5, 5.41) is 12.3. The molecule has 104 valence electrons. The summed E-state index contributed by atoms with van der Waals surface area (Å²) >= 11 is 0. The van der Waals surface area contributed by atoms with E-state index in [0.29, 0.717) is 5.92 Å². The molecule has 1 aliphatic heterocycles. The Morgan fingerprint density at radius 2 is 2.06 bits per heavy atom. The first kappa shape index (κ1) is 15.0. The van der Waals surface area contributed by atoms with Gasteiger partial charge in [-0.15, -0.1) is 0 Å². The number of hydrogen-bond donors (Lipinski definition) is 2. The minimum absolute atomic E-state index is 0.124. The summed E-state index contributed by atoms with van der Waals surface area (Å²) in [5.74, 6) is -0.553. The van der Waals surface area contributed by atoms with Crippen molar-refractivity contribution in [3.8, 4) is 0 Å².